The molecule has 2 saturated carbocycles. The summed E-state index contributed by atoms with van der Waals surface area (Å²) in [5, 5.41) is 14.5. The van der Waals surface area contributed by atoms with Crippen molar-refractivity contribution >= 4 is 11.9 Å². The van der Waals surface area contributed by atoms with E-state index in [2.05, 4.69) is 59.0 Å². The molecule has 2 aromatic rings. The highest BCUT2D eigenvalue weighted by Gasteiger charge is 2.64. The highest BCUT2D eigenvalue weighted by molar-refractivity contribution is 5.89. The first-order valence-electron chi connectivity index (χ1n) is 14.8. The van der Waals surface area contributed by atoms with E-state index in [4.69, 9.17) is 4.74 Å². The lowest BCUT2D eigenvalue weighted by Crippen LogP contribution is -2.48. The topological polar surface area (TPSA) is 78.9 Å². The number of nitrogens with zero attached hydrogens (tertiary/aromatic N) is 1. The lowest BCUT2D eigenvalue weighted by atomic mass is 9.72. The van der Waals surface area contributed by atoms with Crippen LogP contribution in [-0.2, 0) is 21.5 Å². The van der Waals surface area contributed by atoms with Gasteiger partial charge in [0.1, 0.15) is 11.8 Å². The van der Waals surface area contributed by atoms with E-state index in [1.54, 1.807) is 12.0 Å². The smallest absolute Gasteiger partial charge is 0.326 e. The van der Waals surface area contributed by atoms with Gasteiger partial charge < -0.3 is 20.1 Å². The number of likely N-dealkylation sites (tertiary alicyclic amines) is 1. The minimum atomic E-state index is -0.920. The number of carbonyl (C=O) groups is 2. The summed E-state index contributed by atoms with van der Waals surface area (Å²) in [7, 11) is 1.68. The third-order valence-corrected chi connectivity index (χ3v) is 9.68. The molecule has 40 heavy (non-hydrogen) atoms. The molecule has 1 heterocycles. The van der Waals surface area contributed by atoms with Gasteiger partial charge in [0, 0.05) is 30.0 Å². The molecule has 2 unspecified atom stereocenters. The van der Waals surface area contributed by atoms with Crippen molar-refractivity contribution in [2.24, 2.45) is 29.1 Å². The number of aliphatic carboxylic acids is 1. The van der Waals surface area contributed by atoms with Crippen molar-refractivity contribution in [3.05, 3.63) is 65.2 Å². The molecule has 0 aromatic heterocycles. The zero-order valence-electron chi connectivity index (χ0n) is 25.1. The maximum Gasteiger partial charge on any atom is 0.326 e. The van der Waals surface area contributed by atoms with Crippen molar-refractivity contribution in [2.75, 3.05) is 7.11 Å². The Morgan fingerprint density at radius 2 is 1.65 bits per heavy atom. The van der Waals surface area contributed by atoms with Gasteiger partial charge >= 0.3 is 5.97 Å². The van der Waals surface area contributed by atoms with Crippen molar-refractivity contribution in [1.29, 1.82) is 0 Å². The molecule has 1 saturated heterocycles. The minimum absolute atomic E-state index is 0.0190. The van der Waals surface area contributed by atoms with Gasteiger partial charge in [-0.2, -0.15) is 0 Å². The second kappa shape index (κ2) is 10.5. The van der Waals surface area contributed by atoms with Crippen LogP contribution in [0.25, 0.3) is 0 Å². The number of benzene rings is 2. The highest BCUT2D eigenvalue weighted by atomic mass is 16.5. The number of hydrogen-bond acceptors (Lipinski definition) is 4. The van der Waals surface area contributed by atoms with E-state index in [9.17, 15) is 14.7 Å². The molecule has 216 valence electrons. The molecular weight excluding hydrogens is 500 g/mol. The number of amides is 1. The average Bonchev–Trinajstić information content (AvgIpc) is 3.21. The largest absolute Gasteiger partial charge is 0.496 e. The van der Waals surface area contributed by atoms with Crippen LogP contribution < -0.4 is 10.1 Å². The molecule has 2 aromatic carbocycles. The van der Waals surface area contributed by atoms with Gasteiger partial charge in [-0.3, -0.25) is 4.79 Å². The van der Waals surface area contributed by atoms with Crippen LogP contribution in [0.1, 0.15) is 83.5 Å². The molecular formula is C34H46N2O4. The number of ether oxygens (including phenoxy) is 1. The van der Waals surface area contributed by atoms with E-state index in [1.807, 2.05) is 36.4 Å². The summed E-state index contributed by atoms with van der Waals surface area (Å²) in [5.41, 5.74) is 2.84. The molecule has 2 aliphatic carbocycles. The highest BCUT2D eigenvalue weighted by Crippen LogP contribution is 2.60. The first-order valence-corrected chi connectivity index (χ1v) is 14.8. The molecule has 1 amide bonds. The first kappa shape index (κ1) is 28.7. The summed E-state index contributed by atoms with van der Waals surface area (Å²) in [6.45, 7) is 13.4. The lowest BCUT2D eigenvalue weighted by Gasteiger charge is -2.35. The molecule has 6 atom stereocenters. The summed E-state index contributed by atoms with van der Waals surface area (Å²) >= 11 is 0. The van der Waals surface area contributed by atoms with Gasteiger partial charge in [-0.15, -0.1) is 0 Å². The Kier molecular flexibility index (Phi) is 7.54. The van der Waals surface area contributed by atoms with E-state index in [0.29, 0.717) is 18.4 Å². The van der Waals surface area contributed by atoms with Crippen LogP contribution in [0.2, 0.25) is 0 Å². The van der Waals surface area contributed by atoms with Crippen molar-refractivity contribution in [2.45, 2.75) is 90.9 Å². The summed E-state index contributed by atoms with van der Waals surface area (Å²) in [6.07, 6.45) is 3.34. The zero-order chi connectivity index (χ0) is 29.0. The number of carbonyl (C=O) groups excluding carboxylic acids is 1. The molecule has 6 nitrogen and oxygen atoms in total. The maximum absolute atomic E-state index is 14.3. The molecule has 1 aliphatic heterocycles. The van der Waals surface area contributed by atoms with Crippen LogP contribution >= 0.6 is 0 Å². The third-order valence-electron chi connectivity index (χ3n) is 9.68. The molecule has 6 heteroatoms. The summed E-state index contributed by atoms with van der Waals surface area (Å²) in [5.74, 6) is 0.416. The van der Waals surface area contributed by atoms with Crippen molar-refractivity contribution in [3.8, 4) is 5.75 Å². The second-order valence-electron chi connectivity index (χ2n) is 14.2. The summed E-state index contributed by atoms with van der Waals surface area (Å²) in [4.78, 5) is 29.1. The fraction of sp³-hybridized carbons (Fsp3) is 0.588. The number of methoxy groups -OCH3 is 1. The normalized spacial score (nSPS) is 29.8. The van der Waals surface area contributed by atoms with Gasteiger partial charge in [-0.05, 0) is 52.7 Å². The quantitative estimate of drug-likeness (QED) is 0.433. The fourth-order valence-electron chi connectivity index (χ4n) is 7.70. The van der Waals surface area contributed by atoms with Crippen molar-refractivity contribution < 1.29 is 19.4 Å². The van der Waals surface area contributed by atoms with Gasteiger partial charge in [0.25, 0.3) is 0 Å². The van der Waals surface area contributed by atoms with Gasteiger partial charge in [0.2, 0.25) is 5.91 Å². The van der Waals surface area contributed by atoms with Gasteiger partial charge in [0.15, 0.2) is 0 Å². The van der Waals surface area contributed by atoms with Gasteiger partial charge in [-0.1, -0.05) is 90.4 Å². The van der Waals surface area contributed by atoms with Gasteiger partial charge in [-0.25, -0.2) is 4.79 Å². The number of hydrogen-bond donors (Lipinski definition) is 2. The van der Waals surface area contributed by atoms with E-state index < -0.39 is 12.0 Å². The standard InChI is InChI=1S/C34H46N2O4/c1-33(2,3)22-16-17-25(40-7)21(18-22)19-35-28-27(34(4,5)6)30(32(38)39)36(29(28)20-12-9-8-10-13-20)31(37)26-23-14-11-15-24(23)26/h8-10,12-13,16-18,23-24,26-30,35H,11,14-15,19H2,1-7H3,(H,38,39)/t23?,24?,26?,27-,28-,29-,30-/m0/s1. The maximum atomic E-state index is 14.3. The predicted molar refractivity (Wildman–Crippen MR) is 157 cm³/mol. The number of carboxylic acids is 1. The average molecular weight is 547 g/mol. The van der Waals surface area contributed by atoms with Gasteiger partial charge in [0.05, 0.1) is 13.2 Å². The van der Waals surface area contributed by atoms with Crippen LogP contribution in [0.4, 0.5) is 0 Å². The predicted octanol–water partition coefficient (Wildman–Crippen LogP) is 6.20. The van der Waals surface area contributed by atoms with Crippen LogP contribution in [0.15, 0.2) is 48.5 Å². The Labute approximate surface area is 239 Å². The Morgan fingerprint density at radius 1 is 1.00 bits per heavy atom. The lowest BCUT2D eigenvalue weighted by molar-refractivity contribution is -0.153. The first-order chi connectivity index (χ1) is 18.8. The second-order valence-corrected chi connectivity index (χ2v) is 14.2. The molecule has 2 N–H and O–H groups in total. The van der Waals surface area contributed by atoms with Crippen molar-refractivity contribution in [3.63, 3.8) is 0 Å². The van der Waals surface area contributed by atoms with E-state index in [0.717, 1.165) is 29.7 Å². The SMILES string of the molecule is COc1ccc(C(C)(C)C)cc1CN[C@H]1[C@H](C(C)(C)C)[C@@H](C(=O)O)N(C(=O)C2C3CCCC32)[C@H]1c1ccccc1. The molecule has 3 fully saturated rings. The van der Waals surface area contributed by atoms with Crippen LogP contribution in [0.5, 0.6) is 5.75 Å². The molecule has 0 bridgehead atoms. The third kappa shape index (κ3) is 5.15. The number of carboxylic acid groups (broad SMARTS) is 1. The fourth-order valence-corrected chi connectivity index (χ4v) is 7.70. The summed E-state index contributed by atoms with van der Waals surface area (Å²) < 4.78 is 5.74. The molecule has 5 rings (SSSR count). The van der Waals surface area contributed by atoms with Crippen molar-refractivity contribution in [1.82, 2.24) is 10.2 Å². The Morgan fingerprint density at radius 3 is 2.20 bits per heavy atom. The van der Waals surface area contributed by atoms with E-state index >= 15 is 0 Å². The Hall–Kier alpha value is -2.86. The Balaban J connectivity index is 1.57. The molecule has 0 radical (unpaired) electrons. The zero-order valence-corrected chi connectivity index (χ0v) is 25.1. The Bertz CT molecular complexity index is 1230. The molecule has 3 aliphatic rings. The van der Waals surface area contributed by atoms with Crippen LogP contribution in [-0.4, -0.2) is 41.1 Å². The number of fused-ring (bicyclic) bond motifs is 1. The van der Waals surface area contributed by atoms with E-state index in [1.165, 1.54) is 12.0 Å². The van der Waals surface area contributed by atoms with E-state index in [-0.39, 0.29) is 40.7 Å². The monoisotopic (exact) mass is 546 g/mol. The summed E-state index contributed by atoms with van der Waals surface area (Å²) in [6, 6.07) is 14.8. The molecule has 0 spiro atoms. The number of rotatable bonds is 7. The number of nitrogens with one attached hydrogen (secondary N) is 1. The minimum Gasteiger partial charge on any atom is -0.496 e. The van der Waals surface area contributed by atoms with Crippen LogP contribution in [0.3, 0.4) is 0 Å². The van der Waals surface area contributed by atoms with Crippen LogP contribution in [0, 0.1) is 29.1 Å².